The topological polar surface area (TPSA) is 95.6 Å². The van der Waals surface area contributed by atoms with Crippen molar-refractivity contribution < 1.29 is 4.79 Å². The first-order valence-electron chi connectivity index (χ1n) is 8.30. The molecule has 2 heterocycles. The largest absolute Gasteiger partial charge is 0.325 e. The van der Waals surface area contributed by atoms with Gasteiger partial charge in [0.1, 0.15) is 11.6 Å². The molecule has 0 atom stereocenters. The van der Waals surface area contributed by atoms with Gasteiger partial charge in [-0.1, -0.05) is 30.8 Å². The molecule has 1 amide bonds. The minimum Gasteiger partial charge on any atom is -0.325 e. The molecule has 7 heteroatoms. The molecule has 2 aromatic heterocycles. The molecule has 0 bridgehead atoms. The van der Waals surface area contributed by atoms with Gasteiger partial charge in [-0.15, -0.1) is 0 Å². The summed E-state index contributed by atoms with van der Waals surface area (Å²) < 4.78 is 0. The highest BCUT2D eigenvalue weighted by Gasteiger charge is 2.11. The van der Waals surface area contributed by atoms with Crippen LogP contribution in [0.1, 0.15) is 0 Å². The number of aromatic amines is 1. The maximum atomic E-state index is 11.6. The highest BCUT2D eigenvalue weighted by Crippen LogP contribution is 2.27. The van der Waals surface area contributed by atoms with Crippen molar-refractivity contribution in [1.29, 1.82) is 0 Å². The van der Waals surface area contributed by atoms with Gasteiger partial charge in [-0.2, -0.15) is 5.10 Å². The number of carbonyl (C=O) groups is 1. The summed E-state index contributed by atoms with van der Waals surface area (Å²) >= 11 is 0. The Morgan fingerprint density at radius 1 is 1.07 bits per heavy atom. The zero-order valence-electron chi connectivity index (χ0n) is 14.3. The molecule has 0 saturated carbocycles. The zero-order valence-corrected chi connectivity index (χ0v) is 14.3. The van der Waals surface area contributed by atoms with Crippen LogP contribution in [0.4, 0.5) is 17.3 Å². The van der Waals surface area contributed by atoms with E-state index in [1.165, 1.54) is 6.08 Å². The van der Waals surface area contributed by atoms with Crippen molar-refractivity contribution in [2.24, 2.45) is 0 Å². The van der Waals surface area contributed by atoms with E-state index in [0.717, 1.165) is 22.3 Å². The number of para-hydroxylation sites is 1. The van der Waals surface area contributed by atoms with Gasteiger partial charge in [-0.25, -0.2) is 9.97 Å². The number of benzene rings is 2. The number of aromatic nitrogens is 4. The number of amides is 1. The van der Waals surface area contributed by atoms with Crippen LogP contribution in [0.2, 0.25) is 0 Å². The molecule has 3 N–H and O–H groups in total. The fourth-order valence-corrected chi connectivity index (χ4v) is 2.68. The first-order valence-corrected chi connectivity index (χ1v) is 8.30. The lowest BCUT2D eigenvalue weighted by Gasteiger charge is -2.10. The average molecular weight is 356 g/mol. The van der Waals surface area contributed by atoms with E-state index in [9.17, 15) is 4.79 Å². The molecule has 0 saturated heterocycles. The Morgan fingerprint density at radius 3 is 2.78 bits per heavy atom. The second kappa shape index (κ2) is 7.09. The number of nitrogens with zero attached hydrogens (tertiary/aromatic N) is 3. The highest BCUT2D eigenvalue weighted by molar-refractivity contribution is 5.99. The normalized spacial score (nSPS) is 10.5. The van der Waals surface area contributed by atoms with Gasteiger partial charge in [0.05, 0.1) is 11.7 Å². The number of anilines is 3. The molecule has 7 nitrogen and oxygen atoms in total. The minimum atomic E-state index is -0.270. The second-order valence-electron chi connectivity index (χ2n) is 5.78. The third-order valence-electron chi connectivity index (χ3n) is 3.93. The van der Waals surface area contributed by atoms with E-state index >= 15 is 0 Å². The van der Waals surface area contributed by atoms with E-state index in [0.29, 0.717) is 17.3 Å². The molecule has 132 valence electrons. The fourth-order valence-electron chi connectivity index (χ4n) is 2.68. The highest BCUT2D eigenvalue weighted by atomic mass is 16.1. The minimum absolute atomic E-state index is 0.270. The van der Waals surface area contributed by atoms with Gasteiger partial charge in [0.25, 0.3) is 0 Å². The van der Waals surface area contributed by atoms with Crippen LogP contribution in [0.5, 0.6) is 0 Å². The number of fused-ring (bicyclic) bond motifs is 1. The van der Waals surface area contributed by atoms with Gasteiger partial charge >= 0.3 is 0 Å². The third kappa shape index (κ3) is 3.52. The monoisotopic (exact) mass is 356 g/mol. The third-order valence-corrected chi connectivity index (χ3v) is 3.93. The van der Waals surface area contributed by atoms with Crippen LogP contribution in [-0.4, -0.2) is 26.1 Å². The summed E-state index contributed by atoms with van der Waals surface area (Å²) in [5.41, 5.74) is 2.25. The first-order chi connectivity index (χ1) is 13.2. The Bertz CT molecular complexity index is 1120. The van der Waals surface area contributed by atoms with Crippen molar-refractivity contribution >= 4 is 34.1 Å². The van der Waals surface area contributed by atoms with Gasteiger partial charge in [0, 0.05) is 22.7 Å². The molecule has 0 aliphatic rings. The number of carbonyl (C=O) groups excluding carboxylic acids is 1. The molecule has 27 heavy (non-hydrogen) atoms. The van der Waals surface area contributed by atoms with E-state index in [1.807, 2.05) is 48.5 Å². The fraction of sp³-hybridized carbons (Fsp3) is 0. The maximum absolute atomic E-state index is 11.6. The summed E-state index contributed by atoms with van der Waals surface area (Å²) in [5, 5.41) is 13.7. The predicted molar refractivity (Wildman–Crippen MR) is 106 cm³/mol. The SMILES string of the molecule is C=CC(=O)Nc1cccc(-c2nc(Nc3ccn[nH]3)c3ccccc3n2)c1. The van der Waals surface area contributed by atoms with Crippen LogP contribution < -0.4 is 10.6 Å². The summed E-state index contributed by atoms with van der Waals surface area (Å²) in [6, 6.07) is 16.9. The summed E-state index contributed by atoms with van der Waals surface area (Å²) in [6.07, 6.45) is 2.89. The van der Waals surface area contributed by atoms with Gasteiger partial charge in [-0.3, -0.25) is 9.89 Å². The number of H-pyrrole nitrogens is 1. The Labute approximate surface area is 155 Å². The number of rotatable bonds is 5. The van der Waals surface area contributed by atoms with E-state index in [4.69, 9.17) is 0 Å². The number of hydrogen-bond donors (Lipinski definition) is 3. The van der Waals surface area contributed by atoms with E-state index < -0.39 is 0 Å². The molecule has 0 unspecified atom stereocenters. The molecule has 4 rings (SSSR count). The van der Waals surface area contributed by atoms with Crippen LogP contribution in [-0.2, 0) is 4.79 Å². The molecule has 0 radical (unpaired) electrons. The standard InChI is InChI=1S/C20H16N6O/c1-2-18(27)22-14-7-5-6-13(12-14)19-23-16-9-4-3-8-15(16)20(25-19)24-17-10-11-21-26-17/h2-12H,1H2,(H,22,27)(H2,21,23,24,25,26). The Hall–Kier alpha value is -4.00. The summed E-state index contributed by atoms with van der Waals surface area (Å²) in [4.78, 5) is 20.9. The second-order valence-corrected chi connectivity index (χ2v) is 5.78. The average Bonchev–Trinajstić information content (AvgIpc) is 3.21. The summed E-state index contributed by atoms with van der Waals surface area (Å²) in [5.74, 6) is 1.68. The molecular weight excluding hydrogens is 340 g/mol. The lowest BCUT2D eigenvalue weighted by atomic mass is 10.1. The smallest absolute Gasteiger partial charge is 0.247 e. The van der Waals surface area contributed by atoms with Gasteiger partial charge < -0.3 is 10.6 Å². The van der Waals surface area contributed by atoms with Crippen LogP contribution in [0.25, 0.3) is 22.3 Å². The van der Waals surface area contributed by atoms with Gasteiger partial charge in [-0.05, 0) is 30.3 Å². The number of hydrogen-bond acceptors (Lipinski definition) is 5. The van der Waals surface area contributed by atoms with Gasteiger partial charge in [0.15, 0.2) is 5.82 Å². The summed E-state index contributed by atoms with van der Waals surface area (Å²) in [6.45, 7) is 3.47. The van der Waals surface area contributed by atoms with Crippen molar-refractivity contribution in [3.8, 4) is 11.4 Å². The van der Waals surface area contributed by atoms with Crippen LogP contribution in [0.3, 0.4) is 0 Å². The molecular formula is C20H16N6O. The lowest BCUT2D eigenvalue weighted by Crippen LogP contribution is -2.07. The van der Waals surface area contributed by atoms with Crippen LogP contribution >= 0.6 is 0 Å². The van der Waals surface area contributed by atoms with Crippen molar-refractivity contribution in [3.05, 3.63) is 73.4 Å². The number of nitrogens with one attached hydrogen (secondary N) is 3. The first kappa shape index (κ1) is 16.5. The zero-order chi connectivity index (χ0) is 18.6. The van der Waals surface area contributed by atoms with Gasteiger partial charge in [0.2, 0.25) is 5.91 Å². The maximum Gasteiger partial charge on any atom is 0.247 e. The Morgan fingerprint density at radius 2 is 1.96 bits per heavy atom. The van der Waals surface area contributed by atoms with E-state index in [-0.39, 0.29) is 5.91 Å². The molecule has 0 spiro atoms. The van der Waals surface area contributed by atoms with E-state index in [1.54, 1.807) is 12.3 Å². The quantitative estimate of drug-likeness (QED) is 0.472. The molecule has 4 aromatic rings. The lowest BCUT2D eigenvalue weighted by molar-refractivity contribution is -0.111. The predicted octanol–water partition coefficient (Wildman–Crippen LogP) is 3.89. The van der Waals surface area contributed by atoms with Crippen LogP contribution in [0.15, 0.2) is 73.4 Å². The van der Waals surface area contributed by atoms with Crippen LogP contribution in [0, 0.1) is 0 Å². The van der Waals surface area contributed by atoms with Crippen molar-refractivity contribution in [2.45, 2.75) is 0 Å². The van der Waals surface area contributed by atoms with E-state index in [2.05, 4.69) is 37.4 Å². The van der Waals surface area contributed by atoms with Crippen molar-refractivity contribution in [1.82, 2.24) is 20.2 Å². The van der Waals surface area contributed by atoms with Crippen molar-refractivity contribution in [3.63, 3.8) is 0 Å². The molecule has 0 aliphatic heterocycles. The van der Waals surface area contributed by atoms with Crippen molar-refractivity contribution in [2.75, 3.05) is 10.6 Å². The molecule has 2 aromatic carbocycles. The Balaban J connectivity index is 1.79. The molecule has 0 fully saturated rings. The molecule has 0 aliphatic carbocycles. The summed E-state index contributed by atoms with van der Waals surface area (Å²) in [7, 11) is 0. The Kier molecular flexibility index (Phi) is 4.32.